The molecule has 0 heterocycles. The molecule has 4 fully saturated rings. The van der Waals surface area contributed by atoms with Crippen molar-refractivity contribution in [3.8, 4) is 11.1 Å². The highest BCUT2D eigenvalue weighted by Gasteiger charge is 2.38. The van der Waals surface area contributed by atoms with E-state index in [0.29, 0.717) is 6.42 Å². The van der Waals surface area contributed by atoms with Crippen LogP contribution in [0.5, 0.6) is 0 Å². The molecular formula is C41H52FN. The highest BCUT2D eigenvalue weighted by molar-refractivity contribution is 5.79. The maximum atomic E-state index is 14.6. The third kappa shape index (κ3) is 6.22. The summed E-state index contributed by atoms with van der Waals surface area (Å²) in [5.74, 6) is 5.68. The minimum absolute atomic E-state index is 0.460. The molecule has 2 heteroatoms. The summed E-state index contributed by atoms with van der Waals surface area (Å²) in [7, 11) is 0. The number of rotatable bonds is 6. The van der Waals surface area contributed by atoms with Crippen LogP contribution in [0.1, 0.15) is 124 Å². The molecule has 0 radical (unpaired) electrons. The van der Waals surface area contributed by atoms with Gasteiger partial charge in [0.05, 0.1) is 0 Å². The summed E-state index contributed by atoms with van der Waals surface area (Å²) in [5, 5.41) is 0. The van der Waals surface area contributed by atoms with Gasteiger partial charge in [0.1, 0.15) is 5.67 Å². The third-order valence-corrected chi connectivity index (χ3v) is 11.8. The Labute approximate surface area is 260 Å². The van der Waals surface area contributed by atoms with E-state index >= 15 is 0 Å². The van der Waals surface area contributed by atoms with Crippen LogP contribution in [0.2, 0.25) is 0 Å². The highest BCUT2D eigenvalue weighted by atomic mass is 19.1. The number of halogens is 1. The summed E-state index contributed by atoms with van der Waals surface area (Å²) in [6.07, 6.45) is 17.5. The van der Waals surface area contributed by atoms with Crippen LogP contribution in [0.25, 0.3) is 17.2 Å². The number of nitrogen functional groups attached to an aromatic ring is 1. The van der Waals surface area contributed by atoms with Gasteiger partial charge in [-0.1, -0.05) is 99.9 Å². The van der Waals surface area contributed by atoms with E-state index < -0.39 is 5.67 Å². The summed E-state index contributed by atoms with van der Waals surface area (Å²) in [6.45, 7) is 9.71. The normalized spacial score (nSPS) is 28.9. The topological polar surface area (TPSA) is 26.0 Å². The van der Waals surface area contributed by atoms with Gasteiger partial charge in [-0.25, -0.2) is 4.39 Å². The second-order valence-corrected chi connectivity index (χ2v) is 14.6. The van der Waals surface area contributed by atoms with Crippen molar-refractivity contribution in [2.45, 2.75) is 109 Å². The summed E-state index contributed by atoms with van der Waals surface area (Å²) in [5.41, 5.74) is 14.0. The van der Waals surface area contributed by atoms with Crippen LogP contribution >= 0.6 is 0 Å². The van der Waals surface area contributed by atoms with Crippen LogP contribution in [0.15, 0.2) is 67.2 Å². The predicted molar refractivity (Wildman–Crippen MR) is 182 cm³/mol. The summed E-state index contributed by atoms with van der Waals surface area (Å²) in [6, 6.07) is 20.7. The first-order valence-electron chi connectivity index (χ1n) is 17.2. The van der Waals surface area contributed by atoms with Crippen molar-refractivity contribution in [3.05, 3.63) is 95.1 Å². The number of anilines is 1. The number of benzene rings is 3. The van der Waals surface area contributed by atoms with Gasteiger partial charge in [-0.2, -0.15) is 0 Å². The second kappa shape index (κ2) is 12.6. The largest absolute Gasteiger partial charge is 0.398 e. The molecule has 5 atom stereocenters. The molecule has 43 heavy (non-hydrogen) atoms. The Balaban J connectivity index is 0.000000158. The average molecular weight is 578 g/mol. The van der Waals surface area contributed by atoms with Gasteiger partial charge in [0.25, 0.3) is 0 Å². The van der Waals surface area contributed by atoms with Crippen molar-refractivity contribution >= 4 is 11.8 Å². The van der Waals surface area contributed by atoms with Gasteiger partial charge < -0.3 is 5.73 Å². The molecule has 4 saturated carbocycles. The number of para-hydroxylation sites is 1. The van der Waals surface area contributed by atoms with E-state index in [1.807, 2.05) is 56.3 Å². The monoisotopic (exact) mass is 577 g/mol. The molecule has 4 aliphatic rings. The maximum absolute atomic E-state index is 14.6. The SMILES string of the molecule is C=Cc1c(C2CC3CCC(C3)C2)cccc1C1CC2CCC(C2)C1.CCC(C)(F)c1cccc(-c2ccccc2N)c1C. The molecule has 0 aliphatic heterocycles. The van der Waals surface area contributed by atoms with E-state index in [1.165, 1.54) is 69.8 Å². The summed E-state index contributed by atoms with van der Waals surface area (Å²) >= 11 is 0. The fraction of sp³-hybridized carbons (Fsp3) is 0.512. The second-order valence-electron chi connectivity index (χ2n) is 14.6. The third-order valence-electron chi connectivity index (χ3n) is 11.8. The smallest absolute Gasteiger partial charge is 0.133 e. The minimum atomic E-state index is -1.30. The molecular weight excluding hydrogens is 525 g/mol. The first-order valence-corrected chi connectivity index (χ1v) is 17.2. The van der Waals surface area contributed by atoms with Crippen molar-refractivity contribution in [1.82, 2.24) is 0 Å². The zero-order valence-electron chi connectivity index (χ0n) is 26.8. The Morgan fingerprint density at radius 3 is 1.72 bits per heavy atom. The number of hydrogen-bond donors (Lipinski definition) is 1. The number of nitrogens with two attached hydrogens (primary N) is 1. The molecule has 7 rings (SSSR count). The van der Waals surface area contributed by atoms with Crippen molar-refractivity contribution in [3.63, 3.8) is 0 Å². The van der Waals surface area contributed by atoms with Gasteiger partial charge >= 0.3 is 0 Å². The van der Waals surface area contributed by atoms with E-state index in [0.717, 1.165) is 63.4 Å². The zero-order chi connectivity index (χ0) is 30.1. The van der Waals surface area contributed by atoms with Crippen LogP contribution in [-0.2, 0) is 5.67 Å². The fourth-order valence-electron chi connectivity index (χ4n) is 9.50. The lowest BCUT2D eigenvalue weighted by atomic mass is 9.72. The van der Waals surface area contributed by atoms with E-state index in [4.69, 9.17) is 5.73 Å². The summed E-state index contributed by atoms with van der Waals surface area (Å²) in [4.78, 5) is 0. The molecule has 3 aromatic rings. The Hall–Kier alpha value is -2.87. The molecule has 0 spiro atoms. The van der Waals surface area contributed by atoms with Crippen LogP contribution in [-0.4, -0.2) is 0 Å². The molecule has 2 N–H and O–H groups in total. The van der Waals surface area contributed by atoms with Crippen LogP contribution in [0.3, 0.4) is 0 Å². The Morgan fingerprint density at radius 1 is 0.744 bits per heavy atom. The van der Waals surface area contributed by atoms with E-state index in [-0.39, 0.29) is 0 Å². The number of alkyl halides is 1. The average Bonchev–Trinajstić information content (AvgIpc) is 3.55. The van der Waals surface area contributed by atoms with Crippen LogP contribution in [0.4, 0.5) is 10.1 Å². The first kappa shape index (κ1) is 30.2. The standard InChI is InChI=1S/C24H32.C17H20FN/c1-2-22-23(20-12-16-6-7-17(10-16)13-20)4-3-5-24(22)21-14-18-8-9-19(11-18)15-21;1-4-17(3,18)15-10-7-9-13(12(15)2)14-8-5-6-11-16(14)19/h2-5,16-21H,1,6-15H2;5-11H,4,19H2,1-3H3. The first-order chi connectivity index (χ1) is 20.8. The Bertz CT molecular complexity index is 1360. The van der Waals surface area contributed by atoms with Gasteiger partial charge in [0.2, 0.25) is 0 Å². The van der Waals surface area contributed by atoms with Gasteiger partial charge in [0.15, 0.2) is 0 Å². The lowest BCUT2D eigenvalue weighted by Crippen LogP contribution is -2.18. The van der Waals surface area contributed by atoms with Gasteiger partial charge in [-0.15, -0.1) is 0 Å². The van der Waals surface area contributed by atoms with Crippen molar-refractivity contribution < 1.29 is 4.39 Å². The highest BCUT2D eigenvalue weighted by Crippen LogP contribution is 2.52. The Morgan fingerprint density at radius 2 is 1.23 bits per heavy atom. The van der Waals surface area contributed by atoms with Crippen LogP contribution in [0, 0.1) is 30.6 Å². The van der Waals surface area contributed by atoms with Crippen molar-refractivity contribution in [2.75, 3.05) is 5.73 Å². The Kier molecular flexibility index (Phi) is 8.86. The number of hydrogen-bond acceptors (Lipinski definition) is 1. The molecule has 0 aromatic heterocycles. The molecule has 5 unspecified atom stereocenters. The zero-order valence-corrected chi connectivity index (χ0v) is 26.8. The lowest BCUT2D eigenvalue weighted by molar-refractivity contribution is 0.184. The fourth-order valence-corrected chi connectivity index (χ4v) is 9.50. The van der Waals surface area contributed by atoms with Gasteiger partial charge in [-0.3, -0.25) is 0 Å². The quantitative estimate of drug-likeness (QED) is 0.290. The maximum Gasteiger partial charge on any atom is 0.133 e. The molecule has 4 aliphatic carbocycles. The van der Waals surface area contributed by atoms with E-state index in [1.54, 1.807) is 18.1 Å². The van der Waals surface area contributed by atoms with E-state index in [9.17, 15) is 4.39 Å². The molecule has 228 valence electrons. The molecule has 3 aromatic carbocycles. The number of fused-ring (bicyclic) bond motifs is 4. The summed E-state index contributed by atoms with van der Waals surface area (Å²) < 4.78 is 14.6. The van der Waals surface area contributed by atoms with Crippen molar-refractivity contribution in [2.24, 2.45) is 23.7 Å². The molecule has 1 nitrogen and oxygen atoms in total. The minimum Gasteiger partial charge on any atom is -0.398 e. The molecule has 0 amide bonds. The molecule has 4 bridgehead atoms. The van der Waals surface area contributed by atoms with E-state index in [2.05, 4.69) is 30.9 Å². The van der Waals surface area contributed by atoms with Crippen molar-refractivity contribution in [1.29, 1.82) is 0 Å². The van der Waals surface area contributed by atoms with Gasteiger partial charge in [0, 0.05) is 11.3 Å². The molecule has 0 saturated heterocycles. The van der Waals surface area contributed by atoms with Crippen LogP contribution < -0.4 is 5.73 Å². The predicted octanol–water partition coefficient (Wildman–Crippen LogP) is 11.8. The van der Waals surface area contributed by atoms with Gasteiger partial charge in [-0.05, 0) is 134 Å². The lowest BCUT2D eigenvalue weighted by Gasteiger charge is -2.33.